The van der Waals surface area contributed by atoms with E-state index in [4.69, 9.17) is 4.28 Å². The number of hydrogen-bond donors (Lipinski definition) is 0. The van der Waals surface area contributed by atoms with Gasteiger partial charge in [0.25, 0.3) is 0 Å². The van der Waals surface area contributed by atoms with Gasteiger partial charge in [-0.1, -0.05) is 37.3 Å². The van der Waals surface area contributed by atoms with Gasteiger partial charge in [0, 0.05) is 17.8 Å². The maximum Gasteiger partial charge on any atom is 0.473 e. The van der Waals surface area contributed by atoms with Crippen LogP contribution in [0, 0.1) is 0 Å². The number of nitrogens with zero attached hydrogens (tertiary/aromatic N) is 1. The molecule has 3 nitrogen and oxygen atoms in total. The number of carbonyl (C=O) groups excluding carboxylic acids is 1. The van der Waals surface area contributed by atoms with Gasteiger partial charge < -0.3 is 0 Å². The quantitative estimate of drug-likeness (QED) is 0.612. The van der Waals surface area contributed by atoms with Gasteiger partial charge in [0.2, 0.25) is 0 Å². The lowest BCUT2D eigenvalue weighted by Crippen LogP contribution is -2.39. The standard InChI is InChI=1S/C11H12F3NO2S/c1-2-18-17-15(10(16)11(12,13)14)8-9-6-4-3-5-7-9/h3-7H,2,8H2,1H3. The summed E-state index contributed by atoms with van der Waals surface area (Å²) in [7, 11) is 0. The zero-order chi connectivity index (χ0) is 13.6. The average Bonchev–Trinajstić information content (AvgIpc) is 2.33. The first-order valence-corrected chi connectivity index (χ1v) is 6.08. The summed E-state index contributed by atoms with van der Waals surface area (Å²) in [5.41, 5.74) is 0.562. The van der Waals surface area contributed by atoms with Crippen LogP contribution in [-0.2, 0) is 15.6 Å². The number of hydroxylamine groups is 2. The third-order valence-corrected chi connectivity index (χ3v) is 2.42. The minimum Gasteiger partial charge on any atom is -0.262 e. The van der Waals surface area contributed by atoms with Crippen molar-refractivity contribution in [3.63, 3.8) is 0 Å². The minimum absolute atomic E-state index is 0.244. The van der Waals surface area contributed by atoms with Gasteiger partial charge >= 0.3 is 12.1 Å². The van der Waals surface area contributed by atoms with E-state index in [0.717, 1.165) is 12.0 Å². The Morgan fingerprint density at radius 3 is 2.44 bits per heavy atom. The maximum atomic E-state index is 12.3. The van der Waals surface area contributed by atoms with Crippen LogP contribution in [0.3, 0.4) is 0 Å². The van der Waals surface area contributed by atoms with Crippen molar-refractivity contribution in [3.05, 3.63) is 35.9 Å². The molecule has 0 aliphatic heterocycles. The maximum absolute atomic E-state index is 12.3. The topological polar surface area (TPSA) is 29.5 Å². The second-order valence-corrected chi connectivity index (χ2v) is 4.27. The predicted molar refractivity (Wildman–Crippen MR) is 62.3 cm³/mol. The molecule has 0 N–H and O–H groups in total. The third-order valence-electron chi connectivity index (χ3n) is 1.90. The zero-order valence-corrected chi connectivity index (χ0v) is 10.4. The van der Waals surface area contributed by atoms with E-state index >= 15 is 0 Å². The highest BCUT2D eigenvalue weighted by Gasteiger charge is 2.43. The monoisotopic (exact) mass is 279 g/mol. The molecule has 0 spiro atoms. The molecule has 0 aliphatic rings. The Morgan fingerprint density at radius 1 is 1.33 bits per heavy atom. The number of alkyl halides is 3. The van der Waals surface area contributed by atoms with Gasteiger partial charge in [0.15, 0.2) is 0 Å². The molecule has 0 unspecified atom stereocenters. The molecule has 1 aromatic rings. The zero-order valence-electron chi connectivity index (χ0n) is 9.61. The average molecular weight is 279 g/mol. The fraction of sp³-hybridized carbons (Fsp3) is 0.364. The number of benzene rings is 1. The van der Waals surface area contributed by atoms with Gasteiger partial charge in [-0.3, -0.25) is 4.79 Å². The highest BCUT2D eigenvalue weighted by Crippen LogP contribution is 2.22. The second-order valence-electron chi connectivity index (χ2n) is 3.31. The fourth-order valence-corrected chi connectivity index (χ4v) is 1.49. The lowest BCUT2D eigenvalue weighted by atomic mass is 10.2. The van der Waals surface area contributed by atoms with Crippen molar-refractivity contribution >= 4 is 17.9 Å². The van der Waals surface area contributed by atoms with Crippen molar-refractivity contribution in [1.82, 2.24) is 5.06 Å². The lowest BCUT2D eigenvalue weighted by Gasteiger charge is -2.21. The molecule has 1 rings (SSSR count). The first kappa shape index (κ1) is 14.8. The summed E-state index contributed by atoms with van der Waals surface area (Å²) in [6.07, 6.45) is -4.94. The van der Waals surface area contributed by atoms with Gasteiger partial charge in [0.05, 0.1) is 6.54 Å². The van der Waals surface area contributed by atoms with E-state index in [1.165, 1.54) is 0 Å². The summed E-state index contributed by atoms with van der Waals surface area (Å²) in [6, 6.07) is 8.34. The summed E-state index contributed by atoms with van der Waals surface area (Å²) in [6.45, 7) is 1.47. The van der Waals surface area contributed by atoms with E-state index in [1.807, 2.05) is 0 Å². The molecule has 0 fully saturated rings. The number of carbonyl (C=O) groups is 1. The van der Waals surface area contributed by atoms with E-state index in [1.54, 1.807) is 37.3 Å². The fourth-order valence-electron chi connectivity index (χ4n) is 1.14. The van der Waals surface area contributed by atoms with Crippen molar-refractivity contribution in [3.8, 4) is 0 Å². The van der Waals surface area contributed by atoms with Crippen molar-refractivity contribution in [1.29, 1.82) is 0 Å². The van der Waals surface area contributed by atoms with Gasteiger partial charge in [-0.25, -0.2) is 0 Å². The van der Waals surface area contributed by atoms with E-state index in [9.17, 15) is 18.0 Å². The Labute approximate surface area is 107 Å². The molecule has 0 radical (unpaired) electrons. The highest BCUT2D eigenvalue weighted by atomic mass is 32.2. The Bertz CT molecular complexity index is 384. The Morgan fingerprint density at radius 2 is 1.94 bits per heavy atom. The molecule has 0 aromatic heterocycles. The van der Waals surface area contributed by atoms with Gasteiger partial charge in [-0.2, -0.15) is 22.5 Å². The summed E-state index contributed by atoms with van der Waals surface area (Å²) in [5, 5.41) is 0.323. The normalized spacial score (nSPS) is 11.3. The molecule has 0 atom stereocenters. The molecule has 7 heteroatoms. The summed E-state index contributed by atoms with van der Waals surface area (Å²) < 4.78 is 41.8. The van der Waals surface area contributed by atoms with E-state index < -0.39 is 12.1 Å². The molecule has 1 amide bonds. The van der Waals surface area contributed by atoms with Crippen molar-refractivity contribution in [2.45, 2.75) is 19.6 Å². The minimum atomic E-state index is -4.94. The summed E-state index contributed by atoms with van der Waals surface area (Å²) >= 11 is 0.785. The Kier molecular flexibility index (Phi) is 5.49. The van der Waals surface area contributed by atoms with E-state index in [-0.39, 0.29) is 6.54 Å². The summed E-state index contributed by atoms with van der Waals surface area (Å²) in [4.78, 5) is 11.1. The Balaban J connectivity index is 2.76. The molecule has 100 valence electrons. The van der Waals surface area contributed by atoms with Gasteiger partial charge in [-0.05, 0) is 5.56 Å². The third kappa shape index (κ3) is 4.58. The first-order chi connectivity index (χ1) is 8.45. The number of amides is 1. The largest absolute Gasteiger partial charge is 0.473 e. The van der Waals surface area contributed by atoms with Crippen LogP contribution in [0.1, 0.15) is 12.5 Å². The van der Waals surface area contributed by atoms with Crippen LogP contribution in [0.15, 0.2) is 30.3 Å². The van der Waals surface area contributed by atoms with E-state index in [2.05, 4.69) is 0 Å². The molecular formula is C11H12F3NO2S. The summed E-state index contributed by atoms with van der Waals surface area (Å²) in [5.74, 6) is -1.57. The van der Waals surface area contributed by atoms with Crippen LogP contribution >= 0.6 is 12.0 Å². The highest BCUT2D eigenvalue weighted by molar-refractivity contribution is 7.94. The van der Waals surface area contributed by atoms with Crippen molar-refractivity contribution < 1.29 is 22.2 Å². The first-order valence-electron chi connectivity index (χ1n) is 5.17. The molecule has 18 heavy (non-hydrogen) atoms. The molecule has 0 aliphatic carbocycles. The molecule has 0 saturated carbocycles. The smallest absolute Gasteiger partial charge is 0.262 e. The lowest BCUT2D eigenvalue weighted by molar-refractivity contribution is -0.208. The van der Waals surface area contributed by atoms with Crippen LogP contribution in [0.4, 0.5) is 13.2 Å². The molecule has 0 heterocycles. The second kappa shape index (κ2) is 6.65. The number of halogens is 3. The van der Waals surface area contributed by atoms with E-state index in [0.29, 0.717) is 16.4 Å². The molecular weight excluding hydrogens is 267 g/mol. The van der Waals surface area contributed by atoms with Gasteiger partial charge in [0.1, 0.15) is 0 Å². The molecule has 1 aromatic carbocycles. The SMILES string of the molecule is CCSON(Cc1ccccc1)C(=O)C(F)(F)F. The van der Waals surface area contributed by atoms with Crippen LogP contribution in [0.2, 0.25) is 0 Å². The van der Waals surface area contributed by atoms with Crippen LogP contribution in [-0.4, -0.2) is 22.9 Å². The van der Waals surface area contributed by atoms with Crippen molar-refractivity contribution in [2.24, 2.45) is 0 Å². The van der Waals surface area contributed by atoms with Gasteiger partial charge in [-0.15, -0.1) is 0 Å². The van der Waals surface area contributed by atoms with Crippen molar-refractivity contribution in [2.75, 3.05) is 5.75 Å². The van der Waals surface area contributed by atoms with Crippen LogP contribution < -0.4 is 0 Å². The number of hydrogen-bond acceptors (Lipinski definition) is 3. The molecule has 0 saturated heterocycles. The molecule has 0 bridgehead atoms. The number of rotatable bonds is 5. The van der Waals surface area contributed by atoms with Crippen LogP contribution in [0.5, 0.6) is 0 Å². The van der Waals surface area contributed by atoms with Crippen LogP contribution in [0.25, 0.3) is 0 Å². The Hall–Kier alpha value is -1.21. The predicted octanol–water partition coefficient (Wildman–Crippen LogP) is 3.18.